The van der Waals surface area contributed by atoms with E-state index in [-0.39, 0.29) is 5.91 Å². The van der Waals surface area contributed by atoms with E-state index in [9.17, 15) is 4.79 Å². The van der Waals surface area contributed by atoms with Crippen LogP contribution in [0.1, 0.15) is 65.2 Å². The van der Waals surface area contributed by atoms with E-state index in [1.54, 1.807) is 5.57 Å². The minimum absolute atomic E-state index is 0.236. The van der Waals surface area contributed by atoms with Crippen molar-refractivity contribution < 1.29 is 4.79 Å². The van der Waals surface area contributed by atoms with E-state index in [4.69, 9.17) is 0 Å². The van der Waals surface area contributed by atoms with Crippen molar-refractivity contribution in [3.63, 3.8) is 0 Å². The van der Waals surface area contributed by atoms with Crippen LogP contribution in [-0.2, 0) is 11.3 Å². The third-order valence-electron chi connectivity index (χ3n) is 12.6. The maximum Gasteiger partial charge on any atom is 0.242 e. The average molecular weight is 500 g/mol. The second-order valence-corrected chi connectivity index (χ2v) is 13.8. The van der Waals surface area contributed by atoms with Crippen molar-refractivity contribution in [2.75, 3.05) is 20.6 Å². The van der Waals surface area contributed by atoms with Gasteiger partial charge in [0, 0.05) is 37.4 Å². The predicted molar refractivity (Wildman–Crippen MR) is 150 cm³/mol. The van der Waals surface area contributed by atoms with Gasteiger partial charge in [-0.05, 0) is 117 Å². The maximum absolute atomic E-state index is 13.4. The molecule has 2 aromatic rings. The van der Waals surface area contributed by atoms with Crippen molar-refractivity contribution >= 4 is 16.8 Å². The van der Waals surface area contributed by atoms with Crippen LogP contribution in [0, 0.1) is 34.5 Å². The molecule has 4 heteroatoms. The van der Waals surface area contributed by atoms with Crippen molar-refractivity contribution in [3.8, 4) is 0 Å². The Balaban J connectivity index is 1.07. The molecule has 7 rings (SSSR count). The van der Waals surface area contributed by atoms with E-state index < -0.39 is 0 Å². The number of benzene rings is 1. The van der Waals surface area contributed by atoms with Gasteiger partial charge < -0.3 is 14.4 Å². The molecular formula is C33H45N3O. The van der Waals surface area contributed by atoms with Gasteiger partial charge in [0.25, 0.3) is 0 Å². The number of hydrogen-bond acceptors (Lipinski definition) is 2. The predicted octanol–water partition coefficient (Wildman–Crippen LogP) is 6.36. The fourth-order valence-electron chi connectivity index (χ4n) is 10.5. The van der Waals surface area contributed by atoms with Gasteiger partial charge in [-0.1, -0.05) is 36.8 Å². The highest BCUT2D eigenvalue weighted by atomic mass is 16.2. The first kappa shape index (κ1) is 24.0. The first-order chi connectivity index (χ1) is 17.8. The Morgan fingerprint density at radius 3 is 2.73 bits per heavy atom. The second kappa shape index (κ2) is 8.46. The van der Waals surface area contributed by atoms with Gasteiger partial charge in [0.15, 0.2) is 0 Å². The third-order valence-corrected chi connectivity index (χ3v) is 12.6. The maximum atomic E-state index is 13.4. The summed E-state index contributed by atoms with van der Waals surface area (Å²) in [6.07, 6.45) is 15.3. The molecule has 1 amide bonds. The summed E-state index contributed by atoms with van der Waals surface area (Å²) < 4.78 is 2.11. The van der Waals surface area contributed by atoms with Gasteiger partial charge in [-0.25, -0.2) is 0 Å². The van der Waals surface area contributed by atoms with Gasteiger partial charge in [-0.3, -0.25) is 4.79 Å². The van der Waals surface area contributed by atoms with E-state index in [1.165, 1.54) is 50.5 Å². The monoisotopic (exact) mass is 499 g/mol. The van der Waals surface area contributed by atoms with Crippen LogP contribution in [0.5, 0.6) is 0 Å². The van der Waals surface area contributed by atoms with Gasteiger partial charge in [-0.15, -0.1) is 0 Å². The zero-order valence-corrected chi connectivity index (χ0v) is 23.3. The highest BCUT2D eigenvalue weighted by Gasteiger charge is 2.64. The molecule has 1 aliphatic heterocycles. The number of amides is 1. The van der Waals surface area contributed by atoms with Crippen LogP contribution in [0.4, 0.5) is 0 Å². The number of carbonyl (C=O) groups excluding carboxylic acids is 1. The van der Waals surface area contributed by atoms with Crippen molar-refractivity contribution in [3.05, 3.63) is 48.2 Å². The van der Waals surface area contributed by atoms with Crippen LogP contribution in [0.2, 0.25) is 0 Å². The summed E-state index contributed by atoms with van der Waals surface area (Å²) in [5.41, 5.74) is 3.77. The molecule has 198 valence electrons. The third kappa shape index (κ3) is 3.40. The van der Waals surface area contributed by atoms with Crippen molar-refractivity contribution in [1.29, 1.82) is 0 Å². The number of carbonyl (C=O) groups is 1. The van der Waals surface area contributed by atoms with Gasteiger partial charge >= 0.3 is 0 Å². The normalized spacial score (nSPS) is 41.0. The molecule has 2 heterocycles. The second-order valence-electron chi connectivity index (χ2n) is 13.8. The molecule has 0 bridgehead atoms. The lowest BCUT2D eigenvalue weighted by molar-refractivity contribution is -0.133. The molecular weight excluding hydrogens is 454 g/mol. The molecule has 1 spiro atoms. The van der Waals surface area contributed by atoms with Crippen LogP contribution in [-0.4, -0.2) is 53.0 Å². The Bertz CT molecular complexity index is 1250. The Labute approximate surface area is 223 Å². The molecule has 4 fully saturated rings. The molecule has 0 radical (unpaired) electrons. The molecule has 5 aliphatic rings. The van der Waals surface area contributed by atoms with Crippen molar-refractivity contribution in [1.82, 2.24) is 14.4 Å². The number of nitrogens with zero attached hydrogens (tertiary/aromatic N) is 3. The van der Waals surface area contributed by atoms with Crippen molar-refractivity contribution in [2.24, 2.45) is 34.5 Å². The van der Waals surface area contributed by atoms with E-state index in [2.05, 4.69) is 77.9 Å². The fourth-order valence-corrected chi connectivity index (χ4v) is 10.5. The number of rotatable bonds is 3. The minimum atomic E-state index is 0.236. The first-order valence-electron chi connectivity index (χ1n) is 15.0. The molecule has 8 atom stereocenters. The summed E-state index contributed by atoms with van der Waals surface area (Å²) in [5, 5.41) is 1.20. The summed E-state index contributed by atoms with van der Waals surface area (Å²) in [4.78, 5) is 18.1. The highest BCUT2D eigenvalue weighted by molar-refractivity contribution is 5.83. The molecule has 1 aromatic carbocycles. The van der Waals surface area contributed by atoms with Crippen molar-refractivity contribution in [2.45, 2.75) is 83.8 Å². The standard InChI is InChI=1S/C33H45N3O/c1-22-27-11-12-29-26-10-9-24-19-25(13-16-32(24,2)28(26)14-17-33(27,29)21-34(22)3)35(4)31(37)20-36-18-15-23-7-5-6-8-30(23)36/h5-9,15,18,22,25-29H,10-14,16-17,19-21H2,1-4H3/t22-,25-,26+,27+,28?,29-,32-,33-/m0/s1. The van der Waals surface area contributed by atoms with Crippen LogP contribution < -0.4 is 0 Å². The molecule has 3 saturated carbocycles. The number of para-hydroxylation sites is 1. The number of hydrogen-bond donors (Lipinski definition) is 0. The lowest BCUT2D eigenvalue weighted by atomic mass is 9.47. The average Bonchev–Trinajstić information content (AvgIpc) is 3.55. The number of likely N-dealkylation sites (tertiary alicyclic amines) is 1. The lowest BCUT2D eigenvalue weighted by Gasteiger charge is -2.58. The largest absolute Gasteiger partial charge is 0.341 e. The van der Waals surface area contributed by atoms with E-state index in [1.807, 2.05) is 7.05 Å². The highest BCUT2D eigenvalue weighted by Crippen LogP contribution is 2.68. The fraction of sp³-hybridized carbons (Fsp3) is 0.667. The van der Waals surface area contributed by atoms with E-state index in [0.29, 0.717) is 23.4 Å². The zero-order valence-electron chi connectivity index (χ0n) is 23.3. The smallest absolute Gasteiger partial charge is 0.242 e. The van der Waals surface area contributed by atoms with Crippen LogP contribution in [0.25, 0.3) is 10.9 Å². The molecule has 1 unspecified atom stereocenters. The zero-order chi connectivity index (χ0) is 25.5. The SMILES string of the molecule is C[C@H]1[C@H]2CC[C@H]3[C@@H]4CC=C5C[C@@H](N(C)C(=O)Cn6ccc7ccccc76)CC[C@]5(C)C4CC[C@]23CN1C. The lowest BCUT2D eigenvalue weighted by Crippen LogP contribution is -2.53. The summed E-state index contributed by atoms with van der Waals surface area (Å²) in [5.74, 6) is 3.81. The van der Waals surface area contributed by atoms with Gasteiger partial charge in [-0.2, -0.15) is 0 Å². The van der Waals surface area contributed by atoms with E-state index in [0.717, 1.165) is 48.1 Å². The Kier molecular flexibility index (Phi) is 5.49. The summed E-state index contributed by atoms with van der Waals surface area (Å²) in [6, 6.07) is 11.6. The van der Waals surface area contributed by atoms with Crippen LogP contribution in [0.3, 0.4) is 0 Å². The topological polar surface area (TPSA) is 28.5 Å². The number of likely N-dealkylation sites (N-methyl/N-ethyl adjacent to an activating group) is 1. The molecule has 4 nitrogen and oxygen atoms in total. The number of aromatic nitrogens is 1. The molecule has 4 aliphatic carbocycles. The molecule has 0 N–H and O–H groups in total. The first-order valence-corrected chi connectivity index (χ1v) is 15.0. The summed E-state index contributed by atoms with van der Waals surface area (Å²) in [6.45, 7) is 6.87. The van der Waals surface area contributed by atoms with Gasteiger partial charge in [0.05, 0.1) is 0 Å². The molecule has 1 aromatic heterocycles. The Morgan fingerprint density at radius 1 is 1.05 bits per heavy atom. The molecule has 37 heavy (non-hydrogen) atoms. The van der Waals surface area contributed by atoms with Crippen LogP contribution >= 0.6 is 0 Å². The minimum Gasteiger partial charge on any atom is -0.341 e. The number of allylic oxidation sites excluding steroid dienone is 1. The Morgan fingerprint density at radius 2 is 1.86 bits per heavy atom. The van der Waals surface area contributed by atoms with Gasteiger partial charge in [0.1, 0.15) is 6.54 Å². The van der Waals surface area contributed by atoms with Gasteiger partial charge in [0.2, 0.25) is 5.91 Å². The summed E-state index contributed by atoms with van der Waals surface area (Å²) >= 11 is 0. The molecule has 1 saturated heterocycles. The van der Waals surface area contributed by atoms with E-state index >= 15 is 0 Å². The quantitative estimate of drug-likeness (QED) is 0.460. The van der Waals surface area contributed by atoms with Crippen LogP contribution in [0.15, 0.2) is 48.2 Å². The number of fused-ring (bicyclic) bond motifs is 5. The Hall–Kier alpha value is -2.07. The summed E-state index contributed by atoms with van der Waals surface area (Å²) in [7, 11) is 4.42.